The predicted molar refractivity (Wildman–Crippen MR) is 120 cm³/mol. The van der Waals surface area contributed by atoms with Crippen LogP contribution in [0.1, 0.15) is 52.2 Å². The summed E-state index contributed by atoms with van der Waals surface area (Å²) in [6.07, 6.45) is 3.35. The molecule has 1 aliphatic heterocycles. The van der Waals surface area contributed by atoms with Crippen LogP contribution < -0.4 is 10.2 Å². The molecule has 1 N–H and O–H groups in total. The highest BCUT2D eigenvalue weighted by Crippen LogP contribution is 2.38. The van der Waals surface area contributed by atoms with Crippen LogP contribution >= 0.6 is 11.3 Å². The number of aromatic nitrogens is 1. The van der Waals surface area contributed by atoms with Crippen LogP contribution in [-0.2, 0) is 6.42 Å². The van der Waals surface area contributed by atoms with Crippen LogP contribution in [0, 0.1) is 11.3 Å². The minimum atomic E-state index is 0.193. The zero-order chi connectivity index (χ0) is 20.5. The lowest BCUT2D eigenvalue weighted by atomic mass is 9.93. The third-order valence-electron chi connectivity index (χ3n) is 6.32. The summed E-state index contributed by atoms with van der Waals surface area (Å²) in [5, 5.41) is 13.7. The third kappa shape index (κ3) is 3.60. The summed E-state index contributed by atoms with van der Waals surface area (Å²) < 4.78 is 1.08. The Bertz CT molecular complexity index is 1140. The van der Waals surface area contributed by atoms with E-state index < -0.39 is 0 Å². The van der Waals surface area contributed by atoms with Crippen molar-refractivity contribution in [1.29, 1.82) is 5.26 Å². The van der Waals surface area contributed by atoms with Gasteiger partial charge >= 0.3 is 0 Å². The fraction of sp³-hybridized carbons (Fsp3) is 0.375. The van der Waals surface area contributed by atoms with Crippen molar-refractivity contribution >= 4 is 32.5 Å². The molecule has 0 unspecified atom stereocenters. The van der Waals surface area contributed by atoms with Gasteiger partial charge in [-0.1, -0.05) is 23.5 Å². The molecule has 152 valence electrons. The van der Waals surface area contributed by atoms with E-state index >= 15 is 0 Å². The number of thiazole rings is 1. The molecule has 0 radical (unpaired) electrons. The van der Waals surface area contributed by atoms with Gasteiger partial charge < -0.3 is 10.2 Å². The number of benzene rings is 2. The molecule has 1 fully saturated rings. The molecule has 1 saturated heterocycles. The van der Waals surface area contributed by atoms with Gasteiger partial charge in [-0.2, -0.15) is 5.26 Å². The minimum absolute atomic E-state index is 0.193. The molecule has 3 aromatic rings. The molecule has 1 aliphatic carbocycles. The molecule has 2 heterocycles. The van der Waals surface area contributed by atoms with E-state index in [1.807, 2.05) is 30.3 Å². The van der Waals surface area contributed by atoms with Crippen LogP contribution in [-0.4, -0.2) is 36.9 Å². The second kappa shape index (κ2) is 8.17. The van der Waals surface area contributed by atoms with Crippen LogP contribution in [0.15, 0.2) is 36.4 Å². The molecule has 0 saturated carbocycles. The molecular formula is C24H24N4OS. The number of piperazine rings is 1. The fourth-order valence-electron chi connectivity index (χ4n) is 4.67. The first kappa shape index (κ1) is 19.2. The van der Waals surface area contributed by atoms with Crippen LogP contribution in [0.4, 0.5) is 5.13 Å². The smallest absolute Gasteiger partial charge is 0.186 e. The van der Waals surface area contributed by atoms with Gasteiger partial charge in [0, 0.05) is 38.2 Å². The number of hydrogen-bond donors (Lipinski definition) is 1. The zero-order valence-corrected chi connectivity index (χ0v) is 17.7. The molecule has 1 atom stereocenters. The maximum absolute atomic E-state index is 12.9. The Kier molecular flexibility index (Phi) is 5.24. The lowest BCUT2D eigenvalue weighted by molar-refractivity contribution is 0.0977. The molecule has 1 aromatic heterocycles. The largest absolute Gasteiger partial charge is 0.346 e. The average Bonchev–Trinajstić information content (AvgIpc) is 3.41. The van der Waals surface area contributed by atoms with Crippen molar-refractivity contribution in [2.24, 2.45) is 0 Å². The fourth-order valence-corrected chi connectivity index (χ4v) is 5.73. The number of rotatable bonds is 5. The Hall–Kier alpha value is -2.75. The van der Waals surface area contributed by atoms with Crippen molar-refractivity contribution in [1.82, 2.24) is 10.3 Å². The van der Waals surface area contributed by atoms with E-state index in [4.69, 9.17) is 4.98 Å². The summed E-state index contributed by atoms with van der Waals surface area (Å²) >= 11 is 1.68. The van der Waals surface area contributed by atoms with Gasteiger partial charge in [0.15, 0.2) is 10.9 Å². The highest BCUT2D eigenvalue weighted by Gasteiger charge is 2.25. The topological polar surface area (TPSA) is 69.0 Å². The summed E-state index contributed by atoms with van der Waals surface area (Å²) in [7, 11) is 0. The van der Waals surface area contributed by atoms with Crippen LogP contribution in [0.5, 0.6) is 0 Å². The van der Waals surface area contributed by atoms with Gasteiger partial charge in [0.05, 0.1) is 21.8 Å². The van der Waals surface area contributed by atoms with Crippen molar-refractivity contribution in [3.8, 4) is 6.07 Å². The molecule has 0 bridgehead atoms. The van der Waals surface area contributed by atoms with E-state index in [1.54, 1.807) is 11.3 Å². The zero-order valence-electron chi connectivity index (χ0n) is 16.9. The maximum atomic E-state index is 12.9. The van der Waals surface area contributed by atoms with Gasteiger partial charge in [0.2, 0.25) is 0 Å². The molecule has 0 spiro atoms. The van der Waals surface area contributed by atoms with Crippen LogP contribution in [0.3, 0.4) is 0 Å². The van der Waals surface area contributed by atoms with E-state index in [1.165, 1.54) is 11.1 Å². The second-order valence-corrected chi connectivity index (χ2v) is 9.11. The number of fused-ring (bicyclic) bond motifs is 2. The Labute approximate surface area is 180 Å². The number of ketones is 1. The van der Waals surface area contributed by atoms with E-state index in [0.717, 1.165) is 71.9 Å². The standard InChI is InChI=1S/C24H24N4OS/c25-15-18-2-1-3-19-16(4-7-20(18)19)6-9-22(29)17-5-8-21-23(14-17)30-24(27-21)28-12-10-26-11-13-28/h1-3,5,8,14,16,26H,4,6-7,9-13H2/t16-/m0/s1. The summed E-state index contributed by atoms with van der Waals surface area (Å²) in [4.78, 5) is 20.0. The summed E-state index contributed by atoms with van der Waals surface area (Å²) in [5.41, 5.74) is 4.99. The molecule has 6 heteroatoms. The van der Waals surface area contributed by atoms with Gasteiger partial charge in [0.1, 0.15) is 0 Å². The first-order valence-electron chi connectivity index (χ1n) is 10.6. The maximum Gasteiger partial charge on any atom is 0.186 e. The first-order valence-corrected chi connectivity index (χ1v) is 11.5. The molecule has 2 aliphatic rings. The van der Waals surface area contributed by atoms with Crippen molar-refractivity contribution < 1.29 is 4.79 Å². The van der Waals surface area contributed by atoms with E-state index in [0.29, 0.717) is 12.3 Å². The Balaban J connectivity index is 1.28. The Morgan fingerprint density at radius 3 is 2.97 bits per heavy atom. The van der Waals surface area contributed by atoms with E-state index in [9.17, 15) is 10.1 Å². The van der Waals surface area contributed by atoms with Crippen LogP contribution in [0.25, 0.3) is 10.2 Å². The van der Waals surface area contributed by atoms with Gasteiger partial charge in [-0.05, 0) is 60.6 Å². The third-order valence-corrected chi connectivity index (χ3v) is 7.40. The van der Waals surface area contributed by atoms with Gasteiger partial charge in [-0.15, -0.1) is 0 Å². The summed E-state index contributed by atoms with van der Waals surface area (Å²) in [5.74, 6) is 0.572. The van der Waals surface area contributed by atoms with Gasteiger partial charge in [0.25, 0.3) is 0 Å². The minimum Gasteiger partial charge on any atom is -0.346 e. The van der Waals surface area contributed by atoms with Gasteiger partial charge in [-0.3, -0.25) is 4.79 Å². The van der Waals surface area contributed by atoms with Crippen molar-refractivity contribution in [2.75, 3.05) is 31.1 Å². The van der Waals surface area contributed by atoms with Crippen molar-refractivity contribution in [3.63, 3.8) is 0 Å². The lowest BCUT2D eigenvalue weighted by Crippen LogP contribution is -2.43. The normalized spacial score (nSPS) is 18.4. The van der Waals surface area contributed by atoms with Crippen LogP contribution in [0.2, 0.25) is 0 Å². The van der Waals surface area contributed by atoms with Gasteiger partial charge in [-0.25, -0.2) is 4.98 Å². The first-order chi connectivity index (χ1) is 14.7. The summed E-state index contributed by atoms with van der Waals surface area (Å²) in [6.45, 7) is 3.92. The number of nitriles is 1. The SMILES string of the molecule is N#Cc1cccc2c1CC[C@H]2CCC(=O)c1ccc2nc(N3CCNCC3)sc2c1. The molecule has 30 heavy (non-hydrogen) atoms. The highest BCUT2D eigenvalue weighted by molar-refractivity contribution is 7.22. The second-order valence-electron chi connectivity index (χ2n) is 8.10. The number of anilines is 1. The highest BCUT2D eigenvalue weighted by atomic mass is 32.1. The average molecular weight is 417 g/mol. The summed E-state index contributed by atoms with van der Waals surface area (Å²) in [6, 6.07) is 14.2. The van der Waals surface area contributed by atoms with Crippen molar-refractivity contribution in [3.05, 3.63) is 58.7 Å². The molecular weight excluding hydrogens is 392 g/mol. The number of nitrogens with one attached hydrogen (secondary N) is 1. The molecule has 2 aromatic carbocycles. The monoisotopic (exact) mass is 416 g/mol. The number of carbonyl (C=O) groups is 1. The predicted octanol–water partition coefficient (Wildman–Crippen LogP) is 4.27. The Morgan fingerprint density at radius 1 is 1.27 bits per heavy atom. The molecule has 5 nitrogen and oxygen atoms in total. The number of nitrogens with zero attached hydrogens (tertiary/aromatic N) is 3. The quantitative estimate of drug-likeness (QED) is 0.629. The Morgan fingerprint density at radius 2 is 2.13 bits per heavy atom. The number of hydrogen-bond acceptors (Lipinski definition) is 6. The number of Topliss-reactive ketones (excluding diaryl/α,β-unsaturated/α-hetero) is 1. The molecule has 5 rings (SSSR count). The molecule has 0 amide bonds. The number of carbonyl (C=O) groups excluding carboxylic acids is 1. The lowest BCUT2D eigenvalue weighted by Gasteiger charge is -2.26. The van der Waals surface area contributed by atoms with E-state index in [-0.39, 0.29) is 5.78 Å². The van der Waals surface area contributed by atoms with Crippen molar-refractivity contribution in [2.45, 2.75) is 31.6 Å². The van der Waals surface area contributed by atoms with E-state index in [2.05, 4.69) is 22.4 Å².